The minimum Gasteiger partial charge on any atom is -0.495 e. The van der Waals surface area contributed by atoms with Crippen LogP contribution < -0.4 is 10.5 Å². The Hall–Kier alpha value is -1.08. The van der Waals surface area contributed by atoms with Crippen molar-refractivity contribution >= 4 is 21.6 Å². The number of benzene rings is 1. The van der Waals surface area contributed by atoms with Crippen molar-refractivity contribution in [2.24, 2.45) is 5.73 Å². The quantitative estimate of drug-likeness (QED) is 0.777. The zero-order chi connectivity index (χ0) is 15.6. The molecule has 0 unspecified atom stereocenters. The Kier molecular flexibility index (Phi) is 4.93. The summed E-state index contributed by atoms with van der Waals surface area (Å²) in [7, 11) is -2.27. The maximum absolute atomic E-state index is 12.9. The fourth-order valence-electron chi connectivity index (χ4n) is 2.26. The third-order valence-electron chi connectivity index (χ3n) is 3.37. The summed E-state index contributed by atoms with van der Waals surface area (Å²) >= 11 is 6.03. The standard InChI is InChI=1S/C14H19ClN2O3S/c1-3-6-17(12-4-5-12)21(18,19)13-8-11(15)7-10(9-16)14(13)20-2/h3,7-8,12H,1,4-6,9,16H2,2H3. The predicted molar refractivity (Wildman–Crippen MR) is 83.0 cm³/mol. The lowest BCUT2D eigenvalue weighted by atomic mass is 10.2. The molecule has 0 radical (unpaired) electrons. The zero-order valence-electron chi connectivity index (χ0n) is 11.9. The highest BCUT2D eigenvalue weighted by atomic mass is 35.5. The molecule has 116 valence electrons. The van der Waals surface area contributed by atoms with Gasteiger partial charge in [0.05, 0.1) is 7.11 Å². The first-order valence-electron chi connectivity index (χ1n) is 6.65. The van der Waals surface area contributed by atoms with Gasteiger partial charge in [-0.05, 0) is 25.0 Å². The van der Waals surface area contributed by atoms with Crippen LogP contribution in [-0.2, 0) is 16.6 Å². The van der Waals surface area contributed by atoms with Crippen LogP contribution in [0.3, 0.4) is 0 Å². The summed E-state index contributed by atoms with van der Waals surface area (Å²) in [5.41, 5.74) is 6.22. The largest absolute Gasteiger partial charge is 0.495 e. The lowest BCUT2D eigenvalue weighted by Crippen LogP contribution is -2.33. The van der Waals surface area contributed by atoms with Gasteiger partial charge in [-0.15, -0.1) is 6.58 Å². The summed E-state index contributed by atoms with van der Waals surface area (Å²) in [6.07, 6.45) is 3.30. The average molecular weight is 331 g/mol. The van der Waals surface area contributed by atoms with Crippen molar-refractivity contribution in [3.8, 4) is 5.75 Å². The fourth-order valence-corrected chi connectivity index (χ4v) is 4.44. The van der Waals surface area contributed by atoms with Crippen LogP contribution in [0.4, 0.5) is 0 Å². The van der Waals surface area contributed by atoms with Crippen LogP contribution in [0.5, 0.6) is 5.75 Å². The number of halogens is 1. The van der Waals surface area contributed by atoms with E-state index in [1.54, 1.807) is 12.1 Å². The van der Waals surface area contributed by atoms with E-state index in [0.29, 0.717) is 10.6 Å². The van der Waals surface area contributed by atoms with Gasteiger partial charge in [-0.25, -0.2) is 8.42 Å². The number of hydrogen-bond acceptors (Lipinski definition) is 4. The van der Waals surface area contributed by atoms with Gasteiger partial charge in [0.15, 0.2) is 0 Å². The molecular formula is C14H19ClN2O3S. The summed E-state index contributed by atoms with van der Waals surface area (Å²) < 4.78 is 32.5. The lowest BCUT2D eigenvalue weighted by Gasteiger charge is -2.22. The van der Waals surface area contributed by atoms with E-state index in [-0.39, 0.29) is 29.8 Å². The molecule has 21 heavy (non-hydrogen) atoms. The first-order chi connectivity index (χ1) is 9.95. The molecule has 1 fully saturated rings. The maximum Gasteiger partial charge on any atom is 0.247 e. The summed E-state index contributed by atoms with van der Waals surface area (Å²) in [5.74, 6) is 0.261. The molecule has 0 spiro atoms. The molecule has 5 nitrogen and oxygen atoms in total. The molecule has 1 saturated carbocycles. The molecule has 0 saturated heterocycles. The minimum absolute atomic E-state index is 0.0259. The Labute approximate surface area is 130 Å². The monoisotopic (exact) mass is 330 g/mol. The number of nitrogens with zero attached hydrogens (tertiary/aromatic N) is 1. The summed E-state index contributed by atoms with van der Waals surface area (Å²) in [4.78, 5) is 0.0618. The highest BCUT2D eigenvalue weighted by molar-refractivity contribution is 7.89. The molecule has 1 aromatic rings. The van der Waals surface area contributed by atoms with Crippen molar-refractivity contribution in [3.05, 3.63) is 35.4 Å². The van der Waals surface area contributed by atoms with Crippen LogP contribution in [0.1, 0.15) is 18.4 Å². The number of methoxy groups -OCH3 is 1. The van der Waals surface area contributed by atoms with Gasteiger partial charge in [-0.1, -0.05) is 17.7 Å². The minimum atomic E-state index is -3.70. The molecule has 0 heterocycles. The van der Waals surface area contributed by atoms with Crippen LogP contribution in [0, 0.1) is 0 Å². The molecule has 1 aliphatic carbocycles. The molecule has 2 N–H and O–H groups in total. The number of hydrogen-bond donors (Lipinski definition) is 1. The molecule has 0 aromatic heterocycles. The fraction of sp³-hybridized carbons (Fsp3) is 0.429. The second-order valence-electron chi connectivity index (χ2n) is 4.89. The van der Waals surface area contributed by atoms with Gasteiger partial charge in [-0.2, -0.15) is 4.31 Å². The smallest absolute Gasteiger partial charge is 0.247 e. The van der Waals surface area contributed by atoms with Crippen LogP contribution in [0.2, 0.25) is 5.02 Å². The molecule has 0 amide bonds. The topological polar surface area (TPSA) is 72.6 Å². The third-order valence-corrected chi connectivity index (χ3v) is 5.51. The van der Waals surface area contributed by atoms with Crippen molar-refractivity contribution in [2.75, 3.05) is 13.7 Å². The Morgan fingerprint density at radius 1 is 1.52 bits per heavy atom. The molecule has 2 rings (SSSR count). The third kappa shape index (κ3) is 3.23. The van der Waals surface area contributed by atoms with E-state index in [1.165, 1.54) is 17.5 Å². The Morgan fingerprint density at radius 2 is 2.19 bits per heavy atom. The van der Waals surface area contributed by atoms with Crippen molar-refractivity contribution < 1.29 is 13.2 Å². The molecular weight excluding hydrogens is 312 g/mol. The Balaban J connectivity index is 2.57. The molecule has 0 bridgehead atoms. The first kappa shape index (κ1) is 16.3. The summed E-state index contributed by atoms with van der Waals surface area (Å²) in [6, 6.07) is 3.06. The molecule has 1 aromatic carbocycles. The number of rotatable bonds is 7. The van der Waals surface area contributed by atoms with Crippen molar-refractivity contribution in [1.29, 1.82) is 0 Å². The Bertz CT molecular complexity index is 642. The van der Waals surface area contributed by atoms with E-state index in [9.17, 15) is 8.42 Å². The first-order valence-corrected chi connectivity index (χ1v) is 8.46. The van der Waals surface area contributed by atoms with E-state index < -0.39 is 10.0 Å². The van der Waals surface area contributed by atoms with Gasteiger partial charge in [0, 0.05) is 29.7 Å². The van der Waals surface area contributed by atoms with E-state index in [1.807, 2.05) is 0 Å². The van der Waals surface area contributed by atoms with Crippen LogP contribution in [0.25, 0.3) is 0 Å². The maximum atomic E-state index is 12.9. The van der Waals surface area contributed by atoms with E-state index in [4.69, 9.17) is 22.1 Å². The van der Waals surface area contributed by atoms with E-state index >= 15 is 0 Å². The SMILES string of the molecule is C=CCN(C1CC1)S(=O)(=O)c1cc(Cl)cc(CN)c1OC. The van der Waals surface area contributed by atoms with Gasteiger partial charge in [-0.3, -0.25) is 0 Å². The van der Waals surface area contributed by atoms with Gasteiger partial charge in [0.25, 0.3) is 0 Å². The van der Waals surface area contributed by atoms with Crippen molar-refractivity contribution in [1.82, 2.24) is 4.31 Å². The number of nitrogens with two attached hydrogens (primary N) is 1. The zero-order valence-corrected chi connectivity index (χ0v) is 13.5. The Morgan fingerprint density at radius 3 is 2.67 bits per heavy atom. The second-order valence-corrected chi connectivity index (χ2v) is 7.19. The number of ether oxygens (including phenoxy) is 1. The number of sulfonamides is 1. The molecule has 7 heteroatoms. The van der Waals surface area contributed by atoms with Crippen LogP contribution in [-0.4, -0.2) is 32.4 Å². The lowest BCUT2D eigenvalue weighted by molar-refractivity contribution is 0.389. The van der Waals surface area contributed by atoms with Crippen LogP contribution >= 0.6 is 11.6 Å². The molecule has 0 atom stereocenters. The highest BCUT2D eigenvalue weighted by Crippen LogP contribution is 2.37. The van der Waals surface area contributed by atoms with Crippen molar-refractivity contribution in [2.45, 2.75) is 30.3 Å². The normalized spacial score (nSPS) is 15.2. The van der Waals surface area contributed by atoms with Crippen molar-refractivity contribution in [3.63, 3.8) is 0 Å². The highest BCUT2D eigenvalue weighted by Gasteiger charge is 2.39. The van der Waals surface area contributed by atoms with Crippen LogP contribution in [0.15, 0.2) is 29.7 Å². The average Bonchev–Trinajstić information content (AvgIpc) is 3.27. The van der Waals surface area contributed by atoms with Gasteiger partial charge in [0.2, 0.25) is 10.0 Å². The predicted octanol–water partition coefficient (Wildman–Crippen LogP) is 2.15. The summed E-state index contributed by atoms with van der Waals surface area (Å²) in [5, 5.41) is 0.323. The summed E-state index contributed by atoms with van der Waals surface area (Å²) in [6.45, 7) is 4.04. The van der Waals surface area contributed by atoms with Gasteiger partial charge in [0.1, 0.15) is 10.6 Å². The van der Waals surface area contributed by atoms with Gasteiger partial charge < -0.3 is 10.5 Å². The molecule has 1 aliphatic rings. The van der Waals surface area contributed by atoms with Gasteiger partial charge >= 0.3 is 0 Å². The van der Waals surface area contributed by atoms with E-state index in [2.05, 4.69) is 6.58 Å². The molecule has 0 aliphatic heterocycles. The van der Waals surface area contributed by atoms with E-state index in [0.717, 1.165) is 12.8 Å². The second kappa shape index (κ2) is 6.36.